The van der Waals surface area contributed by atoms with Crippen LogP contribution in [0.2, 0.25) is 5.02 Å². The van der Waals surface area contributed by atoms with Gasteiger partial charge in [-0.1, -0.05) is 39.7 Å². The lowest BCUT2D eigenvalue weighted by atomic mass is 10.1. The highest BCUT2D eigenvalue weighted by atomic mass is 79.9. The molecular weight excluding hydrogens is 416 g/mol. The van der Waals surface area contributed by atoms with Crippen molar-refractivity contribution in [3.63, 3.8) is 0 Å². The van der Waals surface area contributed by atoms with Crippen molar-refractivity contribution in [2.24, 2.45) is 0 Å². The summed E-state index contributed by atoms with van der Waals surface area (Å²) in [7, 11) is 0. The molecule has 0 fully saturated rings. The zero-order chi connectivity index (χ0) is 18.4. The van der Waals surface area contributed by atoms with Gasteiger partial charge in [-0.3, -0.25) is 9.78 Å². The second kappa shape index (κ2) is 8.83. The molecule has 0 radical (unpaired) electrons. The Bertz CT molecular complexity index is 886. The van der Waals surface area contributed by atoms with Crippen molar-refractivity contribution >= 4 is 39.1 Å². The van der Waals surface area contributed by atoms with E-state index in [9.17, 15) is 4.79 Å². The SMILES string of the molecule is O=C(COc1ccc(Br)cc1Cl)Nc1ccc(Cc2ccncc2)cc1. The number of ether oxygens (including phenoxy) is 1. The first-order chi connectivity index (χ1) is 12.6. The predicted molar refractivity (Wildman–Crippen MR) is 107 cm³/mol. The number of rotatable bonds is 6. The summed E-state index contributed by atoms with van der Waals surface area (Å²) in [6.45, 7) is -0.111. The molecule has 0 aliphatic carbocycles. The molecule has 2 aromatic carbocycles. The molecule has 0 saturated heterocycles. The second-order valence-corrected chi connectivity index (χ2v) is 6.96. The molecule has 0 spiro atoms. The number of nitrogens with zero attached hydrogens (tertiary/aromatic N) is 1. The van der Waals surface area contributed by atoms with Crippen molar-refractivity contribution < 1.29 is 9.53 Å². The zero-order valence-corrected chi connectivity index (χ0v) is 16.1. The Hall–Kier alpha value is -2.37. The van der Waals surface area contributed by atoms with Crippen LogP contribution < -0.4 is 10.1 Å². The lowest BCUT2D eigenvalue weighted by Crippen LogP contribution is -2.20. The fraction of sp³-hybridized carbons (Fsp3) is 0.100. The highest BCUT2D eigenvalue weighted by Gasteiger charge is 2.07. The maximum atomic E-state index is 12.0. The van der Waals surface area contributed by atoms with Crippen molar-refractivity contribution in [1.82, 2.24) is 4.98 Å². The van der Waals surface area contributed by atoms with E-state index < -0.39 is 0 Å². The van der Waals surface area contributed by atoms with E-state index in [-0.39, 0.29) is 12.5 Å². The number of pyridine rings is 1. The van der Waals surface area contributed by atoms with Crippen LogP contribution in [0.25, 0.3) is 0 Å². The molecule has 3 aromatic rings. The van der Waals surface area contributed by atoms with Gasteiger partial charge in [-0.2, -0.15) is 0 Å². The molecule has 1 N–H and O–H groups in total. The van der Waals surface area contributed by atoms with Crippen LogP contribution in [0.1, 0.15) is 11.1 Å². The van der Waals surface area contributed by atoms with Crippen LogP contribution in [0.15, 0.2) is 71.5 Å². The van der Waals surface area contributed by atoms with Gasteiger partial charge in [-0.05, 0) is 60.0 Å². The van der Waals surface area contributed by atoms with E-state index in [1.54, 1.807) is 30.6 Å². The van der Waals surface area contributed by atoms with Gasteiger partial charge in [0, 0.05) is 22.6 Å². The standard InChI is InChI=1S/C20H16BrClN2O2/c21-16-3-6-19(18(22)12-16)26-13-20(25)24-17-4-1-14(2-5-17)11-15-7-9-23-10-8-15/h1-10,12H,11,13H2,(H,24,25). The van der Waals surface area contributed by atoms with E-state index in [4.69, 9.17) is 16.3 Å². The smallest absolute Gasteiger partial charge is 0.262 e. The van der Waals surface area contributed by atoms with Crippen LogP contribution in [0.4, 0.5) is 5.69 Å². The first kappa shape index (κ1) is 18.4. The van der Waals surface area contributed by atoms with Gasteiger partial charge >= 0.3 is 0 Å². The molecule has 26 heavy (non-hydrogen) atoms. The van der Waals surface area contributed by atoms with E-state index >= 15 is 0 Å². The first-order valence-electron chi connectivity index (χ1n) is 7.96. The maximum Gasteiger partial charge on any atom is 0.262 e. The molecule has 0 aliphatic rings. The average Bonchev–Trinajstić information content (AvgIpc) is 2.63. The number of nitrogens with one attached hydrogen (secondary N) is 1. The summed E-state index contributed by atoms with van der Waals surface area (Å²) in [6, 6.07) is 16.9. The molecule has 1 aromatic heterocycles. The molecule has 3 rings (SSSR count). The summed E-state index contributed by atoms with van der Waals surface area (Å²) in [6.07, 6.45) is 4.38. The zero-order valence-electron chi connectivity index (χ0n) is 13.8. The Morgan fingerprint density at radius 1 is 1.04 bits per heavy atom. The fourth-order valence-corrected chi connectivity index (χ4v) is 3.10. The number of hydrogen-bond donors (Lipinski definition) is 1. The first-order valence-corrected chi connectivity index (χ1v) is 9.13. The number of aromatic nitrogens is 1. The van der Waals surface area contributed by atoms with E-state index in [0.717, 1.165) is 22.1 Å². The van der Waals surface area contributed by atoms with Crippen molar-refractivity contribution in [2.75, 3.05) is 11.9 Å². The van der Waals surface area contributed by atoms with Crippen molar-refractivity contribution in [3.05, 3.63) is 87.6 Å². The van der Waals surface area contributed by atoms with Crippen LogP contribution in [-0.4, -0.2) is 17.5 Å². The van der Waals surface area contributed by atoms with Gasteiger partial charge in [0.05, 0.1) is 5.02 Å². The monoisotopic (exact) mass is 430 g/mol. The summed E-state index contributed by atoms with van der Waals surface area (Å²) in [5.74, 6) is 0.226. The third-order valence-electron chi connectivity index (χ3n) is 3.65. The molecule has 0 unspecified atom stereocenters. The van der Waals surface area contributed by atoms with E-state index in [1.807, 2.05) is 36.4 Å². The Morgan fingerprint density at radius 3 is 2.42 bits per heavy atom. The fourth-order valence-electron chi connectivity index (χ4n) is 2.37. The summed E-state index contributed by atoms with van der Waals surface area (Å²) in [4.78, 5) is 16.1. The van der Waals surface area contributed by atoms with Gasteiger partial charge in [0.1, 0.15) is 5.75 Å². The van der Waals surface area contributed by atoms with Crippen LogP contribution in [0.3, 0.4) is 0 Å². The maximum absolute atomic E-state index is 12.0. The van der Waals surface area contributed by atoms with Gasteiger partial charge in [-0.25, -0.2) is 0 Å². The minimum absolute atomic E-state index is 0.111. The predicted octanol–water partition coefficient (Wildman–Crippen LogP) is 5.11. The molecule has 0 bridgehead atoms. The molecule has 0 saturated carbocycles. The molecule has 0 atom stereocenters. The Morgan fingerprint density at radius 2 is 1.73 bits per heavy atom. The average molecular weight is 432 g/mol. The van der Waals surface area contributed by atoms with Crippen LogP contribution in [0.5, 0.6) is 5.75 Å². The van der Waals surface area contributed by atoms with Crippen molar-refractivity contribution in [2.45, 2.75) is 6.42 Å². The normalized spacial score (nSPS) is 10.4. The molecule has 6 heteroatoms. The van der Waals surface area contributed by atoms with E-state index in [2.05, 4.69) is 26.2 Å². The summed E-state index contributed by atoms with van der Waals surface area (Å²) in [5, 5.41) is 3.26. The minimum atomic E-state index is -0.245. The number of hydrogen-bond acceptors (Lipinski definition) is 3. The molecule has 0 aliphatic heterocycles. The Balaban J connectivity index is 1.52. The number of benzene rings is 2. The lowest BCUT2D eigenvalue weighted by molar-refractivity contribution is -0.118. The number of halogens is 2. The molecule has 1 amide bonds. The summed E-state index contributed by atoms with van der Waals surface area (Å²) >= 11 is 9.39. The van der Waals surface area contributed by atoms with E-state index in [1.165, 1.54) is 5.56 Å². The minimum Gasteiger partial charge on any atom is -0.482 e. The van der Waals surface area contributed by atoms with Gasteiger partial charge in [-0.15, -0.1) is 0 Å². The second-order valence-electron chi connectivity index (χ2n) is 5.64. The molecule has 4 nitrogen and oxygen atoms in total. The number of carbonyl (C=O) groups is 1. The topological polar surface area (TPSA) is 51.2 Å². The molecular formula is C20H16BrClN2O2. The largest absolute Gasteiger partial charge is 0.482 e. The highest BCUT2D eigenvalue weighted by molar-refractivity contribution is 9.10. The van der Waals surface area contributed by atoms with Crippen molar-refractivity contribution in [3.8, 4) is 5.75 Å². The van der Waals surface area contributed by atoms with Gasteiger partial charge in [0.15, 0.2) is 6.61 Å². The molecule has 132 valence electrons. The number of anilines is 1. The number of carbonyl (C=O) groups excluding carboxylic acids is 1. The van der Waals surface area contributed by atoms with Crippen LogP contribution in [-0.2, 0) is 11.2 Å². The van der Waals surface area contributed by atoms with Crippen LogP contribution >= 0.6 is 27.5 Å². The third-order valence-corrected chi connectivity index (χ3v) is 4.44. The Kier molecular flexibility index (Phi) is 6.26. The lowest BCUT2D eigenvalue weighted by Gasteiger charge is -2.09. The van der Waals surface area contributed by atoms with Gasteiger partial charge < -0.3 is 10.1 Å². The molecule has 1 heterocycles. The summed E-state index contributed by atoms with van der Waals surface area (Å²) in [5.41, 5.74) is 3.07. The Labute approximate surface area is 165 Å². The summed E-state index contributed by atoms with van der Waals surface area (Å²) < 4.78 is 6.31. The van der Waals surface area contributed by atoms with Gasteiger partial charge in [0.2, 0.25) is 0 Å². The van der Waals surface area contributed by atoms with E-state index in [0.29, 0.717) is 10.8 Å². The van der Waals surface area contributed by atoms with Crippen LogP contribution in [0, 0.1) is 0 Å². The quantitative estimate of drug-likeness (QED) is 0.590. The highest BCUT2D eigenvalue weighted by Crippen LogP contribution is 2.27. The number of amides is 1. The third kappa shape index (κ3) is 5.31. The van der Waals surface area contributed by atoms with Crippen molar-refractivity contribution in [1.29, 1.82) is 0 Å². The van der Waals surface area contributed by atoms with Gasteiger partial charge in [0.25, 0.3) is 5.91 Å².